The summed E-state index contributed by atoms with van der Waals surface area (Å²) < 4.78 is 9.19. The lowest BCUT2D eigenvalue weighted by Gasteiger charge is -2.42. The maximum absolute atomic E-state index is 9.43. The first kappa shape index (κ1) is 66.2. The Hall–Kier alpha value is -11.8. The van der Waals surface area contributed by atoms with Crippen LogP contribution in [0, 0.1) is 0 Å². The minimum Gasteiger partial charge on any atom is -0.423 e. The Labute approximate surface area is 633 Å². The van der Waals surface area contributed by atoms with Gasteiger partial charge in [0.15, 0.2) is 0 Å². The van der Waals surface area contributed by atoms with Crippen LogP contribution < -0.4 is 15.3 Å². The van der Waals surface area contributed by atoms with E-state index in [1.165, 1.54) is 128 Å². The molecule has 0 radical (unpaired) electrons. The third kappa shape index (κ3) is 11.3. The monoisotopic (exact) mass is 1500 g/mol. The number of hydrogen-bond donors (Lipinski definition) is 2. The van der Waals surface area contributed by atoms with Crippen molar-refractivity contribution < 1.29 is 10.0 Å². The van der Waals surface area contributed by atoms with Crippen LogP contribution in [0.25, 0.3) is 105 Å². The van der Waals surface area contributed by atoms with E-state index in [0.717, 1.165) is 42.1 Å². The van der Waals surface area contributed by atoms with E-state index >= 15 is 0 Å². The summed E-state index contributed by atoms with van der Waals surface area (Å²) >= 11 is 7.29. The SMILES string of the molecule is CC1(C)c2cc(-c3ccc4c(c3)c3ccccc3n4-c3ccccc3)ccc2N(c2ccccc2)c2ccc(-c3ccc4c(c3)c3ccccc3n4-c3ccccc3)cc21.CC1(C)c2cc(Br)ccc2N(c2ccccc2)c2ccc(Br)cc21.OB(O)c1ccc2c(c1)c1ccccc1n2-c1ccccc1. The molecule has 0 saturated carbocycles. The number of para-hydroxylation sites is 8. The van der Waals surface area contributed by atoms with E-state index in [2.05, 4.69) is 386 Å². The average Bonchev–Trinajstić information content (AvgIpc) is 1.25. The molecule has 3 aromatic heterocycles. The predicted octanol–water partition coefficient (Wildman–Crippen LogP) is 25.1. The summed E-state index contributed by atoms with van der Waals surface area (Å²) in [6.45, 7) is 9.39. The molecule has 106 heavy (non-hydrogen) atoms. The zero-order valence-electron chi connectivity index (χ0n) is 59.0. The third-order valence-electron chi connectivity index (χ3n) is 21.6. The Kier molecular flexibility index (Phi) is 16.7. The van der Waals surface area contributed by atoms with Gasteiger partial charge in [0.25, 0.3) is 0 Å². The molecule has 0 bridgehead atoms. The Morgan fingerprint density at radius 3 is 0.858 bits per heavy atom. The highest BCUT2D eigenvalue weighted by atomic mass is 79.9. The van der Waals surface area contributed by atoms with Crippen molar-refractivity contribution in [2.24, 2.45) is 0 Å². The van der Waals surface area contributed by atoms with Crippen molar-refractivity contribution >= 4 is 144 Å². The molecule has 15 aromatic carbocycles. The minimum absolute atomic E-state index is 0.0660. The van der Waals surface area contributed by atoms with Gasteiger partial charge in [-0.1, -0.05) is 242 Å². The van der Waals surface area contributed by atoms with E-state index < -0.39 is 7.12 Å². The summed E-state index contributed by atoms with van der Waals surface area (Å²) in [7, 11) is -1.46. The molecule has 7 nitrogen and oxygen atoms in total. The molecule has 2 aliphatic rings. The minimum atomic E-state index is -1.46. The molecule has 0 saturated heterocycles. The van der Waals surface area contributed by atoms with Crippen LogP contribution in [0.3, 0.4) is 0 Å². The number of fused-ring (bicyclic) bond motifs is 13. The van der Waals surface area contributed by atoms with Gasteiger partial charge in [-0.3, -0.25) is 0 Å². The second-order valence-electron chi connectivity index (χ2n) is 28.6. The summed E-state index contributed by atoms with van der Waals surface area (Å²) in [4.78, 5) is 4.81. The van der Waals surface area contributed by atoms with Crippen LogP contribution in [0.2, 0.25) is 0 Å². The van der Waals surface area contributed by atoms with Crippen LogP contribution >= 0.6 is 31.9 Å². The fourth-order valence-corrected chi connectivity index (χ4v) is 17.2. The van der Waals surface area contributed by atoms with Gasteiger partial charge in [-0.15, -0.1) is 0 Å². The molecule has 0 atom stereocenters. The van der Waals surface area contributed by atoms with Crippen LogP contribution in [0.4, 0.5) is 34.1 Å². The van der Waals surface area contributed by atoms with Crippen LogP contribution in [0.15, 0.2) is 361 Å². The van der Waals surface area contributed by atoms with Gasteiger partial charge in [-0.2, -0.15) is 0 Å². The highest BCUT2D eigenvalue weighted by Gasteiger charge is 2.39. The molecule has 5 heterocycles. The maximum atomic E-state index is 9.43. The van der Waals surface area contributed by atoms with Gasteiger partial charge in [0.1, 0.15) is 0 Å². The second kappa shape index (κ2) is 26.7. The third-order valence-corrected chi connectivity index (χ3v) is 22.6. The van der Waals surface area contributed by atoms with E-state index in [1.807, 2.05) is 42.5 Å². The van der Waals surface area contributed by atoms with Crippen molar-refractivity contribution in [2.75, 3.05) is 9.80 Å². The molecule has 0 aliphatic carbocycles. The van der Waals surface area contributed by atoms with Gasteiger partial charge in [0, 0.05) is 80.5 Å². The molecule has 0 spiro atoms. The number of anilines is 6. The molecule has 0 unspecified atom stereocenters. The largest absolute Gasteiger partial charge is 0.488 e. The zero-order chi connectivity index (χ0) is 72.0. The highest BCUT2D eigenvalue weighted by molar-refractivity contribution is 9.10. The molecule has 510 valence electrons. The van der Waals surface area contributed by atoms with Crippen molar-refractivity contribution in [3.63, 3.8) is 0 Å². The van der Waals surface area contributed by atoms with E-state index in [4.69, 9.17) is 0 Å². The summed E-state index contributed by atoms with van der Waals surface area (Å²) in [5.74, 6) is 0. The normalized spacial score (nSPS) is 13.2. The summed E-state index contributed by atoms with van der Waals surface area (Å²) in [5, 5.41) is 26.0. The lowest BCUT2D eigenvalue weighted by Crippen LogP contribution is -2.30. The summed E-state index contributed by atoms with van der Waals surface area (Å²) in [6.07, 6.45) is 0. The van der Waals surface area contributed by atoms with Crippen molar-refractivity contribution in [1.29, 1.82) is 0 Å². The molecule has 0 fully saturated rings. The maximum Gasteiger partial charge on any atom is 0.488 e. The van der Waals surface area contributed by atoms with Crippen molar-refractivity contribution in [3.05, 3.63) is 383 Å². The lowest BCUT2D eigenvalue weighted by molar-refractivity contribution is 0.426. The topological polar surface area (TPSA) is 61.7 Å². The number of halogens is 2. The molecule has 2 aliphatic heterocycles. The van der Waals surface area contributed by atoms with Crippen LogP contribution in [-0.4, -0.2) is 30.9 Å². The fraction of sp³-hybridized carbons (Fsp3) is 0.0625. The van der Waals surface area contributed by atoms with Gasteiger partial charge >= 0.3 is 7.12 Å². The lowest BCUT2D eigenvalue weighted by atomic mass is 9.72. The quantitative estimate of drug-likeness (QED) is 0.149. The van der Waals surface area contributed by atoms with Crippen LogP contribution in [-0.2, 0) is 10.8 Å². The number of aromatic nitrogens is 3. The number of hydrogen-bond acceptors (Lipinski definition) is 4. The molecular formula is C96H72BBr2N5O2. The summed E-state index contributed by atoms with van der Waals surface area (Å²) in [5.41, 5.74) is 28.0. The number of nitrogens with zero attached hydrogens (tertiary/aromatic N) is 5. The average molecular weight is 1500 g/mol. The Bertz CT molecular complexity index is 6140. The van der Waals surface area contributed by atoms with Gasteiger partial charge in [0.05, 0.1) is 55.8 Å². The van der Waals surface area contributed by atoms with Gasteiger partial charge in [-0.25, -0.2) is 0 Å². The van der Waals surface area contributed by atoms with E-state index in [1.54, 1.807) is 6.07 Å². The first-order chi connectivity index (χ1) is 51.8. The van der Waals surface area contributed by atoms with Crippen LogP contribution in [0.1, 0.15) is 49.9 Å². The Morgan fingerprint density at radius 1 is 0.245 bits per heavy atom. The van der Waals surface area contributed by atoms with E-state index in [0.29, 0.717) is 5.46 Å². The highest BCUT2D eigenvalue weighted by Crippen LogP contribution is 2.56. The van der Waals surface area contributed by atoms with E-state index in [-0.39, 0.29) is 10.8 Å². The predicted molar refractivity (Wildman–Crippen MR) is 452 cm³/mol. The first-order valence-electron chi connectivity index (χ1n) is 36.0. The van der Waals surface area contributed by atoms with Crippen molar-refractivity contribution in [1.82, 2.24) is 13.7 Å². The zero-order valence-corrected chi connectivity index (χ0v) is 62.1. The molecule has 2 N–H and O–H groups in total. The Balaban J connectivity index is 0.000000141. The first-order valence-corrected chi connectivity index (χ1v) is 37.6. The van der Waals surface area contributed by atoms with Crippen molar-refractivity contribution in [3.8, 4) is 39.3 Å². The molecular weight excluding hydrogens is 1430 g/mol. The standard InChI is InChI=1S/C57H41N3.C21H17Br2N.C18H14BNO2/c1-57(2)49-36-40(38-26-30-53-47(34-38)45-22-12-14-24-51(45)58(53)42-16-6-3-7-17-42)28-32-55(49)60(44-20-10-5-11-21-44)56-33-29-41(37-50(56)57)39-27-31-54-48(35-39)46-23-13-15-25-52(46)59(54)43-18-8-4-9-19-43;1-21(2)17-12-14(22)8-10-19(17)24(16-6-4-3-5-7-16)20-11-9-15(23)13-18(20)21;21-19(22)13-10-11-18-16(12-13)15-8-4-5-9-17(15)20(18)14-6-2-1-3-7-14/h3-37H,1-2H3;3-13H,1-2H3;1-12,21-22H. The Morgan fingerprint density at radius 2 is 0.509 bits per heavy atom. The molecule has 0 amide bonds. The smallest absolute Gasteiger partial charge is 0.423 e. The number of benzene rings is 15. The number of rotatable bonds is 8. The fourth-order valence-electron chi connectivity index (χ4n) is 16.5. The van der Waals surface area contributed by atoms with Gasteiger partial charge in [-0.05, 0) is 220 Å². The molecule has 18 aromatic rings. The van der Waals surface area contributed by atoms with E-state index in [9.17, 15) is 10.0 Å². The molecule has 10 heteroatoms. The van der Waals surface area contributed by atoms with Crippen molar-refractivity contribution in [2.45, 2.75) is 38.5 Å². The summed E-state index contributed by atoms with van der Waals surface area (Å²) in [6, 6.07) is 125. The van der Waals surface area contributed by atoms with Crippen LogP contribution in [0.5, 0.6) is 0 Å². The molecule has 20 rings (SSSR count). The van der Waals surface area contributed by atoms with Gasteiger partial charge in [0.2, 0.25) is 0 Å². The van der Waals surface area contributed by atoms with Gasteiger partial charge < -0.3 is 33.5 Å². The second-order valence-corrected chi connectivity index (χ2v) is 30.4.